The van der Waals surface area contributed by atoms with Crippen LogP contribution in [0, 0.1) is 13.8 Å². The standard InChI is InChI=1S/C20H23N3O2S/c1-11-17(13(3)24)12(2)21-18(11)20(25)23-10-6-8-15(23)19-22-14-7-4-5-9-16(14)26-19/h4-5,7,9,13,15,21,24H,6,8,10H2,1-3H3/t13-,15+/m1/s1. The number of nitrogens with zero attached hydrogens (tertiary/aromatic N) is 2. The molecule has 0 saturated carbocycles. The minimum atomic E-state index is -0.591. The Kier molecular flexibility index (Phi) is 4.32. The first-order valence-electron chi connectivity index (χ1n) is 9.01. The number of H-pyrrole nitrogens is 1. The second-order valence-electron chi connectivity index (χ2n) is 7.02. The van der Waals surface area contributed by atoms with Gasteiger partial charge in [-0.25, -0.2) is 4.98 Å². The van der Waals surface area contributed by atoms with Crippen molar-refractivity contribution in [2.75, 3.05) is 6.54 Å². The quantitative estimate of drug-likeness (QED) is 0.724. The number of hydrogen-bond acceptors (Lipinski definition) is 4. The predicted molar refractivity (Wildman–Crippen MR) is 104 cm³/mol. The number of aliphatic hydroxyl groups is 1. The summed E-state index contributed by atoms with van der Waals surface area (Å²) in [4.78, 5) is 23.1. The van der Waals surface area contributed by atoms with Crippen molar-refractivity contribution in [3.05, 3.63) is 51.8 Å². The Bertz CT molecular complexity index is 940. The number of fused-ring (bicyclic) bond motifs is 1. The maximum absolute atomic E-state index is 13.2. The summed E-state index contributed by atoms with van der Waals surface area (Å²) in [6.07, 6.45) is 1.33. The van der Waals surface area contributed by atoms with Gasteiger partial charge < -0.3 is 15.0 Å². The summed E-state index contributed by atoms with van der Waals surface area (Å²) in [5, 5.41) is 11.0. The second-order valence-corrected chi connectivity index (χ2v) is 8.08. The number of para-hydroxylation sites is 1. The van der Waals surface area contributed by atoms with Crippen LogP contribution in [-0.2, 0) is 0 Å². The molecule has 1 amide bonds. The summed E-state index contributed by atoms with van der Waals surface area (Å²) < 4.78 is 1.16. The number of rotatable bonds is 3. The van der Waals surface area contributed by atoms with Gasteiger partial charge in [-0.15, -0.1) is 11.3 Å². The Morgan fingerprint density at radius 3 is 2.85 bits per heavy atom. The molecule has 2 N–H and O–H groups in total. The first-order chi connectivity index (χ1) is 12.5. The maximum atomic E-state index is 13.2. The van der Waals surface area contributed by atoms with E-state index >= 15 is 0 Å². The Morgan fingerprint density at radius 2 is 2.15 bits per heavy atom. The van der Waals surface area contributed by atoms with Gasteiger partial charge in [-0.3, -0.25) is 4.79 Å². The lowest BCUT2D eigenvalue weighted by atomic mass is 10.1. The van der Waals surface area contributed by atoms with E-state index in [9.17, 15) is 9.90 Å². The van der Waals surface area contributed by atoms with E-state index in [0.29, 0.717) is 5.69 Å². The van der Waals surface area contributed by atoms with Gasteiger partial charge in [0.1, 0.15) is 10.7 Å². The molecule has 3 aromatic rings. The van der Waals surface area contributed by atoms with Crippen molar-refractivity contribution in [1.82, 2.24) is 14.9 Å². The summed E-state index contributed by atoms with van der Waals surface area (Å²) >= 11 is 1.67. The van der Waals surface area contributed by atoms with Gasteiger partial charge in [0.2, 0.25) is 0 Å². The van der Waals surface area contributed by atoms with Gasteiger partial charge in [-0.1, -0.05) is 12.1 Å². The molecule has 2 aromatic heterocycles. The van der Waals surface area contributed by atoms with Crippen LogP contribution in [0.3, 0.4) is 0 Å². The molecule has 0 unspecified atom stereocenters. The van der Waals surface area contributed by atoms with Crippen LogP contribution in [0.4, 0.5) is 0 Å². The van der Waals surface area contributed by atoms with Gasteiger partial charge in [0.25, 0.3) is 5.91 Å². The van der Waals surface area contributed by atoms with E-state index in [0.717, 1.165) is 51.4 Å². The molecule has 1 aliphatic heterocycles. The number of benzene rings is 1. The van der Waals surface area contributed by atoms with Gasteiger partial charge in [0, 0.05) is 17.8 Å². The Balaban J connectivity index is 1.68. The molecule has 26 heavy (non-hydrogen) atoms. The van der Waals surface area contributed by atoms with Crippen LogP contribution in [0.25, 0.3) is 10.2 Å². The first kappa shape index (κ1) is 17.2. The van der Waals surface area contributed by atoms with Crippen LogP contribution in [0.5, 0.6) is 0 Å². The molecule has 0 spiro atoms. The van der Waals surface area contributed by atoms with Crippen LogP contribution < -0.4 is 0 Å². The lowest BCUT2D eigenvalue weighted by molar-refractivity contribution is 0.0729. The predicted octanol–water partition coefficient (Wildman–Crippen LogP) is 4.27. The molecule has 5 nitrogen and oxygen atoms in total. The average Bonchev–Trinajstić information content (AvgIpc) is 3.29. The fourth-order valence-corrected chi connectivity index (χ4v) is 5.16. The van der Waals surface area contributed by atoms with Crippen molar-refractivity contribution in [2.24, 2.45) is 0 Å². The molecule has 0 radical (unpaired) electrons. The highest BCUT2D eigenvalue weighted by atomic mass is 32.1. The normalized spacial score (nSPS) is 18.6. The third-order valence-electron chi connectivity index (χ3n) is 5.24. The zero-order chi connectivity index (χ0) is 18.4. The van der Waals surface area contributed by atoms with E-state index in [4.69, 9.17) is 4.98 Å². The van der Waals surface area contributed by atoms with Crippen molar-refractivity contribution >= 4 is 27.5 Å². The van der Waals surface area contributed by atoms with Gasteiger partial charge in [0.05, 0.1) is 22.4 Å². The maximum Gasteiger partial charge on any atom is 0.271 e. The van der Waals surface area contributed by atoms with Gasteiger partial charge in [-0.2, -0.15) is 0 Å². The molecule has 1 aromatic carbocycles. The minimum absolute atomic E-state index is 0.000689. The lowest BCUT2D eigenvalue weighted by Crippen LogP contribution is -2.31. The summed E-state index contributed by atoms with van der Waals surface area (Å²) in [7, 11) is 0. The Labute approximate surface area is 156 Å². The molecule has 6 heteroatoms. The van der Waals surface area contributed by atoms with Crippen molar-refractivity contribution in [1.29, 1.82) is 0 Å². The highest BCUT2D eigenvalue weighted by molar-refractivity contribution is 7.18. The fraction of sp³-hybridized carbons (Fsp3) is 0.400. The third kappa shape index (κ3) is 2.73. The fourth-order valence-electron chi connectivity index (χ4n) is 4.05. The Morgan fingerprint density at radius 1 is 1.38 bits per heavy atom. The second kappa shape index (κ2) is 6.52. The molecule has 0 bridgehead atoms. The number of thiazole rings is 1. The van der Waals surface area contributed by atoms with Crippen LogP contribution in [-0.4, -0.2) is 32.4 Å². The number of aromatic nitrogens is 2. The van der Waals surface area contributed by atoms with Crippen molar-refractivity contribution in [3.8, 4) is 0 Å². The molecule has 2 atom stereocenters. The summed E-state index contributed by atoms with van der Waals surface area (Å²) in [5.41, 5.74) is 4.11. The average molecular weight is 369 g/mol. The SMILES string of the molecule is Cc1[nH]c(C(=O)N2CCC[C@H]2c2nc3ccccc3s2)c(C)c1[C@@H](C)O. The number of nitrogens with one attached hydrogen (secondary N) is 1. The van der Waals surface area contributed by atoms with E-state index in [1.807, 2.05) is 36.9 Å². The van der Waals surface area contributed by atoms with Crippen molar-refractivity contribution in [2.45, 2.75) is 45.8 Å². The molecule has 1 saturated heterocycles. The summed E-state index contributed by atoms with van der Waals surface area (Å²) in [5.74, 6) is -0.000689. The number of aliphatic hydroxyl groups excluding tert-OH is 1. The first-order valence-corrected chi connectivity index (χ1v) is 9.82. The molecule has 4 rings (SSSR count). The van der Waals surface area contributed by atoms with Crippen LogP contribution in [0.15, 0.2) is 24.3 Å². The molecule has 3 heterocycles. The van der Waals surface area contributed by atoms with E-state index < -0.39 is 6.10 Å². The summed E-state index contributed by atoms with van der Waals surface area (Å²) in [6.45, 7) is 6.28. The van der Waals surface area contributed by atoms with E-state index in [-0.39, 0.29) is 11.9 Å². The lowest BCUT2D eigenvalue weighted by Gasteiger charge is -2.23. The number of carbonyl (C=O) groups excluding carboxylic acids is 1. The van der Waals surface area contributed by atoms with Crippen molar-refractivity contribution in [3.63, 3.8) is 0 Å². The number of amides is 1. The minimum Gasteiger partial charge on any atom is -0.389 e. The molecule has 136 valence electrons. The third-order valence-corrected chi connectivity index (χ3v) is 6.37. The monoisotopic (exact) mass is 369 g/mol. The number of hydrogen-bond donors (Lipinski definition) is 2. The highest BCUT2D eigenvalue weighted by Gasteiger charge is 2.34. The largest absolute Gasteiger partial charge is 0.389 e. The molecule has 1 fully saturated rings. The number of aromatic amines is 1. The number of carbonyl (C=O) groups is 1. The van der Waals surface area contributed by atoms with Crippen molar-refractivity contribution < 1.29 is 9.90 Å². The number of aryl methyl sites for hydroxylation is 1. The smallest absolute Gasteiger partial charge is 0.271 e. The zero-order valence-electron chi connectivity index (χ0n) is 15.2. The topological polar surface area (TPSA) is 69.2 Å². The van der Waals surface area contributed by atoms with E-state index in [1.54, 1.807) is 18.3 Å². The molecule has 0 aliphatic carbocycles. The van der Waals surface area contributed by atoms with Gasteiger partial charge in [-0.05, 0) is 51.3 Å². The molecular weight excluding hydrogens is 346 g/mol. The summed E-state index contributed by atoms with van der Waals surface area (Å²) in [6, 6.07) is 8.13. The van der Waals surface area contributed by atoms with Gasteiger partial charge in [0.15, 0.2) is 0 Å². The van der Waals surface area contributed by atoms with Gasteiger partial charge >= 0.3 is 0 Å². The molecule has 1 aliphatic rings. The molecular formula is C20H23N3O2S. The Hall–Kier alpha value is -2.18. The van der Waals surface area contributed by atoms with E-state index in [1.165, 1.54) is 0 Å². The van der Waals surface area contributed by atoms with Crippen LogP contribution >= 0.6 is 11.3 Å². The van der Waals surface area contributed by atoms with E-state index in [2.05, 4.69) is 11.1 Å². The highest BCUT2D eigenvalue weighted by Crippen LogP contribution is 2.38. The number of likely N-dealkylation sites (tertiary alicyclic amines) is 1. The van der Waals surface area contributed by atoms with Crippen LogP contribution in [0.1, 0.15) is 64.2 Å². The zero-order valence-corrected chi connectivity index (χ0v) is 16.1. The van der Waals surface area contributed by atoms with Crippen LogP contribution in [0.2, 0.25) is 0 Å².